The summed E-state index contributed by atoms with van der Waals surface area (Å²) in [5.41, 5.74) is 7.88. The van der Waals surface area contributed by atoms with E-state index >= 15 is 0 Å². The van der Waals surface area contributed by atoms with Crippen LogP contribution in [0, 0.1) is 0 Å². The lowest BCUT2D eigenvalue weighted by Crippen LogP contribution is -2.26. The molecule has 0 fully saturated rings. The zero-order valence-electron chi connectivity index (χ0n) is 11.5. The van der Waals surface area contributed by atoms with Crippen LogP contribution in [0.1, 0.15) is 26.0 Å². The van der Waals surface area contributed by atoms with Crippen LogP contribution in [0.3, 0.4) is 0 Å². The van der Waals surface area contributed by atoms with Gasteiger partial charge in [0, 0.05) is 34.5 Å². The predicted molar refractivity (Wildman–Crippen MR) is 80.4 cm³/mol. The van der Waals surface area contributed by atoms with Crippen molar-refractivity contribution in [2.75, 3.05) is 5.75 Å². The summed E-state index contributed by atoms with van der Waals surface area (Å²) in [6.45, 7) is 4.90. The average molecular weight is 279 g/mol. The molecule has 2 rings (SSSR count). The van der Waals surface area contributed by atoms with Gasteiger partial charge in [0.15, 0.2) is 0 Å². The minimum atomic E-state index is -0.946. The quantitative estimate of drug-likeness (QED) is 0.880. The Labute approximate surface area is 116 Å². The Morgan fingerprint density at radius 3 is 2.79 bits per heavy atom. The van der Waals surface area contributed by atoms with Crippen LogP contribution in [0.5, 0.6) is 0 Å². The second-order valence-corrected chi connectivity index (χ2v) is 6.20. The molecule has 0 bridgehead atoms. The molecule has 1 heterocycles. The standard InChI is InChI=1S/C14H21N3OS/c1-3-11(15)9-19(18)10-13-12-7-5-6-8-14(12)17(4-2)16-13/h5-8,11H,3-4,9-10,15H2,1-2H3. The first-order valence-corrected chi connectivity index (χ1v) is 8.19. The SMILES string of the molecule is CCC(N)CS(=O)Cc1nn(CC)c2ccccc12. The fraction of sp³-hybridized carbons (Fsp3) is 0.500. The van der Waals surface area contributed by atoms with Gasteiger partial charge in [-0.05, 0) is 19.4 Å². The largest absolute Gasteiger partial charge is 0.327 e. The van der Waals surface area contributed by atoms with Crippen LogP contribution in [0.15, 0.2) is 24.3 Å². The molecule has 2 atom stereocenters. The van der Waals surface area contributed by atoms with Crippen molar-refractivity contribution < 1.29 is 4.21 Å². The topological polar surface area (TPSA) is 60.9 Å². The Kier molecular flexibility index (Phi) is 4.71. The van der Waals surface area contributed by atoms with Gasteiger partial charge in [-0.15, -0.1) is 0 Å². The number of fused-ring (bicyclic) bond motifs is 1. The van der Waals surface area contributed by atoms with E-state index in [1.165, 1.54) is 0 Å². The van der Waals surface area contributed by atoms with Crippen LogP contribution in [-0.4, -0.2) is 25.8 Å². The van der Waals surface area contributed by atoms with Gasteiger partial charge in [0.05, 0.1) is 17.0 Å². The first kappa shape index (κ1) is 14.2. The van der Waals surface area contributed by atoms with Crippen molar-refractivity contribution in [3.63, 3.8) is 0 Å². The lowest BCUT2D eigenvalue weighted by molar-refractivity contribution is 0.656. The molecule has 0 radical (unpaired) electrons. The summed E-state index contributed by atoms with van der Waals surface area (Å²) in [4.78, 5) is 0. The van der Waals surface area contributed by atoms with Crippen molar-refractivity contribution in [3.8, 4) is 0 Å². The summed E-state index contributed by atoms with van der Waals surface area (Å²) >= 11 is 0. The Bertz CT molecular complexity index is 579. The summed E-state index contributed by atoms with van der Waals surface area (Å²) in [6, 6.07) is 8.11. The number of para-hydroxylation sites is 1. The van der Waals surface area contributed by atoms with Crippen LogP contribution in [0.25, 0.3) is 10.9 Å². The summed E-state index contributed by atoms with van der Waals surface area (Å²) in [6.07, 6.45) is 0.857. The second kappa shape index (κ2) is 6.30. The monoisotopic (exact) mass is 279 g/mol. The molecule has 0 aliphatic rings. The molecular weight excluding hydrogens is 258 g/mol. The van der Waals surface area contributed by atoms with E-state index in [2.05, 4.69) is 18.1 Å². The summed E-state index contributed by atoms with van der Waals surface area (Å²) in [5.74, 6) is 1.03. The predicted octanol–water partition coefficient (Wildman–Crippen LogP) is 2.04. The molecule has 2 N–H and O–H groups in total. The number of nitrogens with two attached hydrogens (primary N) is 1. The van der Waals surface area contributed by atoms with E-state index in [9.17, 15) is 4.21 Å². The van der Waals surface area contributed by atoms with Gasteiger partial charge in [-0.2, -0.15) is 5.10 Å². The third-order valence-corrected chi connectivity index (χ3v) is 4.65. The number of benzene rings is 1. The zero-order chi connectivity index (χ0) is 13.8. The average Bonchev–Trinajstić information content (AvgIpc) is 2.77. The number of hydrogen-bond donors (Lipinski definition) is 1. The maximum Gasteiger partial charge on any atom is 0.0828 e. The van der Waals surface area contributed by atoms with E-state index in [0.29, 0.717) is 11.5 Å². The lowest BCUT2D eigenvalue weighted by atomic mass is 10.2. The second-order valence-electron chi connectivity index (χ2n) is 4.70. The van der Waals surface area contributed by atoms with Crippen molar-refractivity contribution in [3.05, 3.63) is 30.0 Å². The third-order valence-electron chi connectivity index (χ3n) is 3.26. The highest BCUT2D eigenvalue weighted by Gasteiger charge is 2.13. The van der Waals surface area contributed by atoms with Crippen molar-refractivity contribution >= 4 is 21.7 Å². The van der Waals surface area contributed by atoms with Crippen LogP contribution in [0.4, 0.5) is 0 Å². The molecule has 4 nitrogen and oxygen atoms in total. The van der Waals surface area contributed by atoms with E-state index in [1.807, 2.05) is 29.8 Å². The molecule has 1 aromatic carbocycles. The maximum absolute atomic E-state index is 12.1. The molecule has 0 aliphatic carbocycles. The number of rotatable bonds is 6. The normalized spacial score (nSPS) is 14.7. The van der Waals surface area contributed by atoms with Crippen LogP contribution in [0.2, 0.25) is 0 Å². The van der Waals surface area contributed by atoms with Gasteiger partial charge in [-0.1, -0.05) is 25.1 Å². The molecule has 2 unspecified atom stereocenters. The van der Waals surface area contributed by atoms with Crippen LogP contribution >= 0.6 is 0 Å². The Morgan fingerprint density at radius 1 is 1.37 bits per heavy atom. The lowest BCUT2D eigenvalue weighted by Gasteiger charge is -2.07. The number of nitrogens with zero attached hydrogens (tertiary/aromatic N) is 2. The molecule has 104 valence electrons. The van der Waals surface area contributed by atoms with Gasteiger partial charge in [0.1, 0.15) is 0 Å². The smallest absolute Gasteiger partial charge is 0.0828 e. The zero-order valence-corrected chi connectivity index (χ0v) is 12.3. The highest BCUT2D eigenvalue weighted by molar-refractivity contribution is 7.84. The summed E-state index contributed by atoms with van der Waals surface area (Å²) in [5, 5.41) is 5.66. The fourth-order valence-electron chi connectivity index (χ4n) is 2.11. The Balaban J connectivity index is 2.23. The van der Waals surface area contributed by atoms with E-state index in [0.717, 1.165) is 29.6 Å². The van der Waals surface area contributed by atoms with E-state index in [1.54, 1.807) is 0 Å². The first-order chi connectivity index (χ1) is 9.15. The summed E-state index contributed by atoms with van der Waals surface area (Å²) < 4.78 is 14.1. The van der Waals surface area contributed by atoms with Crippen LogP contribution in [-0.2, 0) is 23.1 Å². The third kappa shape index (κ3) is 3.22. The van der Waals surface area contributed by atoms with Gasteiger partial charge in [-0.3, -0.25) is 8.89 Å². The first-order valence-electron chi connectivity index (χ1n) is 6.70. The van der Waals surface area contributed by atoms with Crippen molar-refractivity contribution in [1.82, 2.24) is 9.78 Å². The van der Waals surface area contributed by atoms with Gasteiger partial charge < -0.3 is 5.73 Å². The Morgan fingerprint density at radius 2 is 2.11 bits per heavy atom. The van der Waals surface area contributed by atoms with Crippen molar-refractivity contribution in [2.45, 2.75) is 38.6 Å². The maximum atomic E-state index is 12.1. The fourth-order valence-corrected chi connectivity index (χ4v) is 3.46. The molecule has 0 saturated heterocycles. The minimum absolute atomic E-state index is 0.0142. The molecule has 5 heteroatoms. The van der Waals surface area contributed by atoms with E-state index < -0.39 is 10.8 Å². The van der Waals surface area contributed by atoms with Gasteiger partial charge in [0.2, 0.25) is 0 Å². The van der Waals surface area contributed by atoms with Gasteiger partial charge >= 0.3 is 0 Å². The minimum Gasteiger partial charge on any atom is -0.327 e. The van der Waals surface area contributed by atoms with Crippen molar-refractivity contribution in [2.24, 2.45) is 5.73 Å². The van der Waals surface area contributed by atoms with Gasteiger partial charge in [-0.25, -0.2) is 0 Å². The molecule has 0 aliphatic heterocycles. The molecule has 0 amide bonds. The van der Waals surface area contributed by atoms with E-state index in [4.69, 9.17) is 5.73 Å². The van der Waals surface area contributed by atoms with E-state index in [-0.39, 0.29) is 6.04 Å². The number of hydrogen-bond acceptors (Lipinski definition) is 3. The highest BCUT2D eigenvalue weighted by atomic mass is 32.2. The highest BCUT2D eigenvalue weighted by Crippen LogP contribution is 2.19. The van der Waals surface area contributed by atoms with Crippen LogP contribution < -0.4 is 5.73 Å². The Hall–Kier alpha value is -1.20. The number of aryl methyl sites for hydroxylation is 1. The molecular formula is C14H21N3OS. The summed E-state index contributed by atoms with van der Waals surface area (Å²) in [7, 11) is -0.946. The number of aromatic nitrogens is 2. The molecule has 0 spiro atoms. The molecule has 1 aromatic heterocycles. The van der Waals surface area contributed by atoms with Gasteiger partial charge in [0.25, 0.3) is 0 Å². The molecule has 2 aromatic rings. The van der Waals surface area contributed by atoms with Crippen molar-refractivity contribution in [1.29, 1.82) is 0 Å². The molecule has 19 heavy (non-hydrogen) atoms. The molecule has 0 saturated carbocycles.